The normalized spacial score (nSPS) is 33.0. The Labute approximate surface area is 128 Å². The number of hydrogen-bond acceptors (Lipinski definition) is 6. The van der Waals surface area contributed by atoms with Crippen molar-refractivity contribution in [3.05, 3.63) is 28.5 Å². The fraction of sp³-hybridized carbons (Fsp3) is 0.417. The highest BCUT2D eigenvalue weighted by atomic mass is 35.5. The van der Waals surface area contributed by atoms with E-state index in [1.807, 2.05) is 0 Å². The van der Waals surface area contributed by atoms with Gasteiger partial charge in [0.15, 0.2) is 6.10 Å². The SMILES string of the molecule is OC[C@H]1O[C@@](O)(n2cnc3cc(Cl)c(Cl)cc32)[C@H](O)[C@@H]1O. The van der Waals surface area contributed by atoms with Gasteiger partial charge in [-0.2, -0.15) is 0 Å². The quantitative estimate of drug-likeness (QED) is 0.618. The molecule has 4 N–H and O–H groups in total. The van der Waals surface area contributed by atoms with Crippen molar-refractivity contribution in [2.24, 2.45) is 0 Å². The lowest BCUT2D eigenvalue weighted by Gasteiger charge is -2.27. The molecule has 21 heavy (non-hydrogen) atoms. The monoisotopic (exact) mass is 334 g/mol. The van der Waals surface area contributed by atoms with E-state index >= 15 is 0 Å². The molecule has 2 aromatic rings. The van der Waals surface area contributed by atoms with Crippen molar-refractivity contribution in [1.29, 1.82) is 0 Å². The van der Waals surface area contributed by atoms with Crippen LogP contribution < -0.4 is 0 Å². The lowest BCUT2D eigenvalue weighted by Crippen LogP contribution is -2.45. The molecule has 9 heteroatoms. The molecule has 1 saturated heterocycles. The number of aromatic nitrogens is 2. The second-order valence-electron chi connectivity index (χ2n) is 4.80. The first kappa shape index (κ1) is 15.0. The van der Waals surface area contributed by atoms with Crippen LogP contribution in [0, 0.1) is 0 Å². The molecule has 0 amide bonds. The third-order valence-corrected chi connectivity index (χ3v) is 4.25. The Hall–Kier alpha value is -0.930. The zero-order chi connectivity index (χ0) is 15.4. The average molecular weight is 335 g/mol. The molecule has 114 valence electrons. The van der Waals surface area contributed by atoms with Gasteiger partial charge in [-0.3, -0.25) is 4.57 Å². The van der Waals surface area contributed by atoms with E-state index < -0.39 is 30.8 Å². The Bertz CT molecular complexity index is 694. The number of benzene rings is 1. The van der Waals surface area contributed by atoms with Crippen LogP contribution in [0.5, 0.6) is 0 Å². The molecule has 0 aliphatic carbocycles. The summed E-state index contributed by atoms with van der Waals surface area (Å²) in [5, 5.41) is 40.0. The van der Waals surface area contributed by atoms with Crippen LogP contribution in [0.15, 0.2) is 18.5 Å². The van der Waals surface area contributed by atoms with E-state index in [1.165, 1.54) is 18.5 Å². The smallest absolute Gasteiger partial charge is 0.285 e. The number of fused-ring (bicyclic) bond motifs is 1. The van der Waals surface area contributed by atoms with E-state index in [4.69, 9.17) is 33.0 Å². The Morgan fingerprint density at radius 3 is 2.57 bits per heavy atom. The molecule has 0 saturated carbocycles. The molecule has 1 fully saturated rings. The Balaban J connectivity index is 2.14. The summed E-state index contributed by atoms with van der Waals surface area (Å²) in [5.74, 6) is -2.27. The number of nitrogens with zero attached hydrogens (tertiary/aromatic N) is 2. The van der Waals surface area contributed by atoms with Gasteiger partial charge in [0, 0.05) is 0 Å². The average Bonchev–Trinajstić information content (AvgIpc) is 2.95. The molecular weight excluding hydrogens is 323 g/mol. The van der Waals surface area contributed by atoms with Crippen LogP contribution in [0.25, 0.3) is 11.0 Å². The third kappa shape index (κ3) is 2.13. The van der Waals surface area contributed by atoms with Gasteiger partial charge >= 0.3 is 0 Å². The van der Waals surface area contributed by atoms with Crippen LogP contribution in [0.1, 0.15) is 0 Å². The number of aliphatic hydroxyl groups excluding tert-OH is 3. The van der Waals surface area contributed by atoms with E-state index in [2.05, 4.69) is 4.98 Å². The van der Waals surface area contributed by atoms with E-state index in [9.17, 15) is 15.3 Å². The lowest BCUT2D eigenvalue weighted by molar-refractivity contribution is -0.286. The van der Waals surface area contributed by atoms with Crippen molar-refractivity contribution in [2.45, 2.75) is 24.2 Å². The maximum absolute atomic E-state index is 10.6. The molecule has 3 rings (SSSR count). The highest BCUT2D eigenvalue weighted by Crippen LogP contribution is 2.37. The first-order valence-electron chi connectivity index (χ1n) is 6.08. The minimum atomic E-state index is -2.27. The second kappa shape index (κ2) is 5.06. The maximum atomic E-state index is 10.6. The predicted octanol–water partition coefficient (Wildman–Crippen LogP) is 0.0586. The first-order chi connectivity index (χ1) is 9.88. The van der Waals surface area contributed by atoms with E-state index in [1.54, 1.807) is 0 Å². The zero-order valence-electron chi connectivity index (χ0n) is 10.5. The topological polar surface area (TPSA) is 108 Å². The number of ether oxygens (including phenoxy) is 1. The third-order valence-electron chi connectivity index (χ3n) is 3.53. The Morgan fingerprint density at radius 1 is 1.29 bits per heavy atom. The highest BCUT2D eigenvalue weighted by Gasteiger charge is 2.55. The standard InChI is InChI=1S/C12H12Cl2N2O5/c13-5-1-7-8(2-6(5)14)16(4-15-7)12(20)11(19)10(18)9(3-17)21-12/h1-2,4,9-11,17-20H,3H2/t9-,10-,11-,12-/m1/s1. The molecular formula is C12H12Cl2N2O5. The van der Waals surface area contributed by atoms with Crippen molar-refractivity contribution >= 4 is 34.2 Å². The van der Waals surface area contributed by atoms with E-state index in [-0.39, 0.29) is 5.02 Å². The van der Waals surface area contributed by atoms with Crippen LogP contribution in [0.4, 0.5) is 0 Å². The van der Waals surface area contributed by atoms with Gasteiger partial charge in [-0.1, -0.05) is 23.2 Å². The summed E-state index contributed by atoms with van der Waals surface area (Å²) in [5.41, 5.74) is 0.785. The number of hydrogen-bond donors (Lipinski definition) is 4. The predicted molar refractivity (Wildman–Crippen MR) is 73.9 cm³/mol. The van der Waals surface area contributed by atoms with E-state index in [0.717, 1.165) is 4.57 Å². The van der Waals surface area contributed by atoms with Crippen LogP contribution in [-0.4, -0.2) is 54.9 Å². The second-order valence-corrected chi connectivity index (χ2v) is 5.62. The van der Waals surface area contributed by atoms with Crippen molar-refractivity contribution in [1.82, 2.24) is 9.55 Å². The van der Waals surface area contributed by atoms with Crippen molar-refractivity contribution in [3.63, 3.8) is 0 Å². The minimum Gasteiger partial charge on any atom is -0.394 e. The van der Waals surface area contributed by atoms with Gasteiger partial charge in [0.1, 0.15) is 18.5 Å². The van der Waals surface area contributed by atoms with Crippen LogP contribution >= 0.6 is 23.2 Å². The number of aliphatic hydroxyl groups is 4. The van der Waals surface area contributed by atoms with Gasteiger partial charge in [-0.05, 0) is 12.1 Å². The molecule has 1 aliphatic heterocycles. The zero-order valence-corrected chi connectivity index (χ0v) is 12.0. The molecule has 1 aromatic heterocycles. The molecule has 0 unspecified atom stereocenters. The van der Waals surface area contributed by atoms with Crippen LogP contribution in [0.3, 0.4) is 0 Å². The molecule has 0 bridgehead atoms. The molecule has 7 nitrogen and oxygen atoms in total. The minimum absolute atomic E-state index is 0.237. The van der Waals surface area contributed by atoms with Gasteiger partial charge in [0.05, 0.1) is 27.7 Å². The van der Waals surface area contributed by atoms with Gasteiger partial charge in [-0.25, -0.2) is 4.98 Å². The lowest BCUT2D eigenvalue weighted by atomic mass is 10.1. The van der Waals surface area contributed by atoms with Gasteiger partial charge in [0.25, 0.3) is 5.91 Å². The summed E-state index contributed by atoms with van der Waals surface area (Å²) in [6.07, 6.45) is -3.00. The van der Waals surface area contributed by atoms with Crippen LogP contribution in [-0.2, 0) is 10.6 Å². The number of rotatable bonds is 2. The summed E-state index contributed by atoms with van der Waals surface area (Å²) in [7, 11) is 0. The molecule has 4 atom stereocenters. The Morgan fingerprint density at radius 2 is 1.95 bits per heavy atom. The van der Waals surface area contributed by atoms with Crippen LogP contribution in [0.2, 0.25) is 10.0 Å². The molecule has 1 aliphatic rings. The van der Waals surface area contributed by atoms with Gasteiger partial charge < -0.3 is 25.2 Å². The fourth-order valence-corrected chi connectivity index (χ4v) is 2.71. The molecule has 2 heterocycles. The Kier molecular flexibility index (Phi) is 3.61. The largest absolute Gasteiger partial charge is 0.394 e. The van der Waals surface area contributed by atoms with Gasteiger partial charge in [0.2, 0.25) is 0 Å². The first-order valence-corrected chi connectivity index (χ1v) is 6.84. The van der Waals surface area contributed by atoms with Crippen molar-refractivity contribution in [3.8, 4) is 0 Å². The summed E-state index contributed by atoms with van der Waals surface area (Å²) in [4.78, 5) is 4.05. The van der Waals surface area contributed by atoms with E-state index in [0.29, 0.717) is 16.1 Å². The number of halogens is 2. The molecule has 1 aromatic carbocycles. The summed E-state index contributed by atoms with van der Waals surface area (Å²) in [6.45, 7) is -0.556. The molecule has 0 radical (unpaired) electrons. The van der Waals surface area contributed by atoms with Gasteiger partial charge in [-0.15, -0.1) is 0 Å². The van der Waals surface area contributed by atoms with Crippen molar-refractivity contribution < 1.29 is 25.2 Å². The maximum Gasteiger partial charge on any atom is 0.285 e. The summed E-state index contributed by atoms with van der Waals surface area (Å²) in [6, 6.07) is 2.96. The summed E-state index contributed by atoms with van der Waals surface area (Å²) >= 11 is 11.8. The fourth-order valence-electron chi connectivity index (χ4n) is 2.39. The highest BCUT2D eigenvalue weighted by molar-refractivity contribution is 6.42. The number of imidazole rings is 1. The summed E-state index contributed by atoms with van der Waals surface area (Å²) < 4.78 is 6.33. The molecule has 0 spiro atoms. The van der Waals surface area contributed by atoms with Crippen molar-refractivity contribution in [2.75, 3.05) is 6.61 Å².